The number of hydrogen-bond acceptors (Lipinski definition) is 3. The molecular weight excluding hydrogens is 280 g/mol. The molecule has 0 radical (unpaired) electrons. The molecule has 6 heteroatoms. The van der Waals surface area contributed by atoms with Crippen molar-refractivity contribution < 1.29 is 9.59 Å². The van der Waals surface area contributed by atoms with Crippen LogP contribution in [-0.2, 0) is 0 Å². The second-order valence-electron chi connectivity index (χ2n) is 5.81. The van der Waals surface area contributed by atoms with E-state index in [1.54, 1.807) is 24.5 Å². The first-order valence-electron chi connectivity index (χ1n) is 7.95. The summed E-state index contributed by atoms with van der Waals surface area (Å²) >= 11 is 0. The highest BCUT2D eigenvalue weighted by atomic mass is 16.2. The van der Waals surface area contributed by atoms with Crippen molar-refractivity contribution in [2.24, 2.45) is 0 Å². The standard InChI is InChI=1S/C16H22N4O2/c1-2-18-11-12-20(16(18)22)14-5-9-19(10-6-14)15(21)13-3-7-17-8-4-13/h3-4,7-8,14H,2,5-6,9-12H2,1H3. The molecule has 118 valence electrons. The number of urea groups is 1. The summed E-state index contributed by atoms with van der Waals surface area (Å²) < 4.78 is 0. The molecule has 0 spiro atoms. The Morgan fingerprint density at radius 2 is 1.86 bits per heavy atom. The topological polar surface area (TPSA) is 56.8 Å². The number of amides is 3. The lowest BCUT2D eigenvalue weighted by atomic mass is 10.0. The summed E-state index contributed by atoms with van der Waals surface area (Å²) in [7, 11) is 0. The van der Waals surface area contributed by atoms with Crippen molar-refractivity contribution in [1.29, 1.82) is 0 Å². The minimum atomic E-state index is 0.0591. The maximum atomic E-state index is 12.4. The quantitative estimate of drug-likeness (QED) is 0.849. The predicted molar refractivity (Wildman–Crippen MR) is 82.5 cm³/mol. The molecule has 2 saturated heterocycles. The van der Waals surface area contributed by atoms with Gasteiger partial charge in [-0.15, -0.1) is 0 Å². The number of carbonyl (C=O) groups is 2. The van der Waals surface area contributed by atoms with Gasteiger partial charge in [-0.1, -0.05) is 0 Å². The van der Waals surface area contributed by atoms with Crippen molar-refractivity contribution in [3.63, 3.8) is 0 Å². The Labute approximate surface area is 130 Å². The second-order valence-corrected chi connectivity index (χ2v) is 5.81. The van der Waals surface area contributed by atoms with Crippen LogP contribution < -0.4 is 0 Å². The van der Waals surface area contributed by atoms with Gasteiger partial charge in [0, 0.05) is 56.7 Å². The highest BCUT2D eigenvalue weighted by molar-refractivity contribution is 5.94. The predicted octanol–water partition coefficient (Wildman–Crippen LogP) is 1.44. The molecule has 22 heavy (non-hydrogen) atoms. The van der Waals surface area contributed by atoms with E-state index in [0.29, 0.717) is 18.7 Å². The number of aromatic nitrogens is 1. The first-order valence-corrected chi connectivity index (χ1v) is 7.95. The number of nitrogens with zero attached hydrogens (tertiary/aromatic N) is 4. The Bertz CT molecular complexity index is 540. The molecule has 0 saturated carbocycles. The summed E-state index contributed by atoms with van der Waals surface area (Å²) in [5.74, 6) is 0.0591. The molecule has 6 nitrogen and oxygen atoms in total. The first-order chi connectivity index (χ1) is 10.7. The monoisotopic (exact) mass is 302 g/mol. The fourth-order valence-corrected chi connectivity index (χ4v) is 3.29. The molecule has 0 unspecified atom stereocenters. The van der Waals surface area contributed by atoms with Crippen LogP contribution in [0.15, 0.2) is 24.5 Å². The summed E-state index contributed by atoms with van der Waals surface area (Å²) in [6, 6.07) is 3.92. The molecule has 1 aromatic rings. The molecule has 0 N–H and O–H groups in total. The van der Waals surface area contributed by atoms with Crippen LogP contribution in [-0.4, -0.2) is 70.4 Å². The zero-order chi connectivity index (χ0) is 15.5. The number of likely N-dealkylation sites (tertiary alicyclic amines) is 1. The molecule has 3 rings (SSSR count). The van der Waals surface area contributed by atoms with Crippen molar-refractivity contribution in [3.8, 4) is 0 Å². The smallest absolute Gasteiger partial charge is 0.320 e. The van der Waals surface area contributed by atoms with Crippen LogP contribution >= 0.6 is 0 Å². The number of rotatable bonds is 3. The molecule has 3 heterocycles. The maximum Gasteiger partial charge on any atom is 0.320 e. The van der Waals surface area contributed by atoms with Gasteiger partial charge in [-0.05, 0) is 31.9 Å². The van der Waals surface area contributed by atoms with Gasteiger partial charge in [-0.2, -0.15) is 0 Å². The second kappa shape index (κ2) is 6.34. The first kappa shape index (κ1) is 14.8. The van der Waals surface area contributed by atoms with Crippen LogP contribution in [0.1, 0.15) is 30.1 Å². The summed E-state index contributed by atoms with van der Waals surface area (Å²) in [4.78, 5) is 34.3. The van der Waals surface area contributed by atoms with Gasteiger partial charge in [-0.25, -0.2) is 4.79 Å². The average molecular weight is 302 g/mol. The van der Waals surface area contributed by atoms with E-state index in [-0.39, 0.29) is 18.0 Å². The van der Waals surface area contributed by atoms with E-state index in [2.05, 4.69) is 4.98 Å². The van der Waals surface area contributed by atoms with E-state index in [1.165, 1.54) is 0 Å². The van der Waals surface area contributed by atoms with Crippen LogP contribution in [0.4, 0.5) is 4.79 Å². The van der Waals surface area contributed by atoms with Crippen molar-refractivity contribution in [2.75, 3.05) is 32.7 Å². The number of hydrogen-bond donors (Lipinski definition) is 0. The molecular formula is C16H22N4O2. The molecule has 2 aliphatic heterocycles. The molecule has 2 aliphatic rings. The number of likely N-dealkylation sites (N-methyl/N-ethyl adjacent to an activating group) is 1. The van der Waals surface area contributed by atoms with Crippen LogP contribution in [0.2, 0.25) is 0 Å². The Morgan fingerprint density at radius 3 is 2.45 bits per heavy atom. The molecule has 0 atom stereocenters. The summed E-state index contributed by atoms with van der Waals surface area (Å²) in [6.07, 6.45) is 5.00. The van der Waals surface area contributed by atoms with Crippen molar-refractivity contribution in [1.82, 2.24) is 19.7 Å². The van der Waals surface area contributed by atoms with E-state index < -0.39 is 0 Å². The lowest BCUT2D eigenvalue weighted by Crippen LogP contribution is -2.48. The summed E-state index contributed by atoms with van der Waals surface area (Å²) in [5, 5.41) is 0. The third-order valence-corrected chi connectivity index (χ3v) is 4.63. The van der Waals surface area contributed by atoms with Gasteiger partial charge in [0.05, 0.1) is 0 Å². The fraction of sp³-hybridized carbons (Fsp3) is 0.562. The van der Waals surface area contributed by atoms with Crippen molar-refractivity contribution in [3.05, 3.63) is 30.1 Å². The number of piperidine rings is 1. The van der Waals surface area contributed by atoms with E-state index in [1.807, 2.05) is 21.6 Å². The molecule has 0 aliphatic carbocycles. The zero-order valence-electron chi connectivity index (χ0n) is 12.9. The largest absolute Gasteiger partial charge is 0.338 e. The fourth-order valence-electron chi connectivity index (χ4n) is 3.29. The van der Waals surface area contributed by atoms with Gasteiger partial charge < -0.3 is 14.7 Å². The summed E-state index contributed by atoms with van der Waals surface area (Å²) in [6.45, 7) is 5.84. The Hall–Kier alpha value is -2.11. The number of carbonyl (C=O) groups excluding carboxylic acids is 2. The van der Waals surface area contributed by atoms with Crippen molar-refractivity contribution in [2.45, 2.75) is 25.8 Å². The molecule has 3 amide bonds. The third-order valence-electron chi connectivity index (χ3n) is 4.63. The van der Waals surface area contributed by atoms with E-state index in [0.717, 1.165) is 32.5 Å². The molecule has 2 fully saturated rings. The Morgan fingerprint density at radius 1 is 1.18 bits per heavy atom. The lowest BCUT2D eigenvalue weighted by molar-refractivity contribution is 0.0663. The highest BCUT2D eigenvalue weighted by Gasteiger charge is 2.35. The minimum absolute atomic E-state index is 0.0591. The third kappa shape index (κ3) is 2.77. The van der Waals surface area contributed by atoms with Crippen molar-refractivity contribution >= 4 is 11.9 Å². The van der Waals surface area contributed by atoms with E-state index in [4.69, 9.17) is 0 Å². The van der Waals surface area contributed by atoms with Gasteiger partial charge in [0.25, 0.3) is 5.91 Å². The van der Waals surface area contributed by atoms with Gasteiger partial charge in [0.1, 0.15) is 0 Å². The van der Waals surface area contributed by atoms with Gasteiger partial charge in [0.2, 0.25) is 0 Å². The summed E-state index contributed by atoms with van der Waals surface area (Å²) in [5.41, 5.74) is 0.683. The van der Waals surface area contributed by atoms with Crippen LogP contribution in [0, 0.1) is 0 Å². The zero-order valence-corrected chi connectivity index (χ0v) is 12.9. The highest BCUT2D eigenvalue weighted by Crippen LogP contribution is 2.22. The molecule has 0 aromatic carbocycles. The number of pyridine rings is 1. The van der Waals surface area contributed by atoms with Crippen LogP contribution in [0.5, 0.6) is 0 Å². The van der Waals surface area contributed by atoms with Gasteiger partial charge >= 0.3 is 6.03 Å². The molecule has 0 bridgehead atoms. The average Bonchev–Trinajstić information content (AvgIpc) is 2.96. The SMILES string of the molecule is CCN1CCN(C2CCN(C(=O)c3ccncc3)CC2)C1=O. The van der Waals surface area contributed by atoms with E-state index in [9.17, 15) is 9.59 Å². The normalized spacial score (nSPS) is 19.9. The molecule has 1 aromatic heterocycles. The minimum Gasteiger partial charge on any atom is -0.338 e. The van der Waals surface area contributed by atoms with Crippen LogP contribution in [0.25, 0.3) is 0 Å². The Balaban J connectivity index is 1.57. The lowest BCUT2D eigenvalue weighted by Gasteiger charge is -2.36. The van der Waals surface area contributed by atoms with Crippen LogP contribution in [0.3, 0.4) is 0 Å². The Kier molecular flexibility index (Phi) is 4.27. The van der Waals surface area contributed by atoms with E-state index >= 15 is 0 Å². The maximum absolute atomic E-state index is 12.4. The van der Waals surface area contributed by atoms with Gasteiger partial charge in [0.15, 0.2) is 0 Å². The van der Waals surface area contributed by atoms with Gasteiger partial charge in [-0.3, -0.25) is 9.78 Å².